The lowest BCUT2D eigenvalue weighted by atomic mass is 9.73. The van der Waals surface area contributed by atoms with Gasteiger partial charge in [-0.2, -0.15) is 0 Å². The Morgan fingerprint density at radius 1 is 1.26 bits per heavy atom. The second kappa shape index (κ2) is 4.20. The van der Waals surface area contributed by atoms with E-state index < -0.39 is 0 Å². The second-order valence-electron chi connectivity index (χ2n) is 6.28. The van der Waals surface area contributed by atoms with Gasteiger partial charge in [0.2, 0.25) is 0 Å². The lowest BCUT2D eigenvalue weighted by Crippen LogP contribution is -2.34. The predicted molar refractivity (Wildman–Crippen MR) is 78.5 cm³/mol. The quantitative estimate of drug-likeness (QED) is 0.824. The number of nitrogens with one attached hydrogen (secondary N) is 2. The summed E-state index contributed by atoms with van der Waals surface area (Å²) in [5.41, 5.74) is 2.62. The summed E-state index contributed by atoms with van der Waals surface area (Å²) in [6, 6.07) is 8.20. The van der Waals surface area contributed by atoms with Crippen molar-refractivity contribution >= 4 is 10.8 Å². The summed E-state index contributed by atoms with van der Waals surface area (Å²) in [5.74, 6) is 0. The molecule has 3 heteroatoms. The Bertz CT molecular complexity index is 685. The monoisotopic (exact) mass is 256 g/mol. The molecule has 1 aliphatic carbocycles. The lowest BCUT2D eigenvalue weighted by molar-refractivity contribution is 0.262. The van der Waals surface area contributed by atoms with Crippen LogP contribution in [-0.2, 0) is 6.42 Å². The van der Waals surface area contributed by atoms with Crippen molar-refractivity contribution in [3.05, 3.63) is 45.9 Å². The molecule has 2 N–H and O–H groups in total. The van der Waals surface area contributed by atoms with Gasteiger partial charge in [-0.15, -0.1) is 0 Å². The van der Waals surface area contributed by atoms with Crippen molar-refractivity contribution in [2.24, 2.45) is 5.41 Å². The fourth-order valence-electron chi connectivity index (χ4n) is 3.34. The molecule has 100 valence electrons. The van der Waals surface area contributed by atoms with Crippen LogP contribution in [0.25, 0.3) is 10.8 Å². The van der Waals surface area contributed by atoms with Gasteiger partial charge in [-0.05, 0) is 42.3 Å². The summed E-state index contributed by atoms with van der Waals surface area (Å²) >= 11 is 0. The average molecular weight is 256 g/mol. The molecule has 1 atom stereocenters. The molecule has 1 aliphatic rings. The van der Waals surface area contributed by atoms with Crippen LogP contribution in [-0.4, -0.2) is 12.0 Å². The molecular weight excluding hydrogens is 236 g/mol. The minimum Gasteiger partial charge on any atom is -0.325 e. The standard InChI is InChI=1S/C16H20N2O/c1-16(2)8-12(17-3)14-10-6-4-5-7-11(10)15(19)18-13(14)9-16/h4-7,12,17H,8-9H2,1-3H3,(H,18,19). The summed E-state index contributed by atoms with van der Waals surface area (Å²) in [7, 11) is 2.00. The van der Waals surface area contributed by atoms with Gasteiger partial charge in [-0.1, -0.05) is 32.0 Å². The number of hydrogen-bond acceptors (Lipinski definition) is 2. The van der Waals surface area contributed by atoms with Crippen LogP contribution in [0.3, 0.4) is 0 Å². The first-order chi connectivity index (χ1) is 9.02. The minimum atomic E-state index is 0.0295. The zero-order valence-electron chi connectivity index (χ0n) is 11.7. The van der Waals surface area contributed by atoms with E-state index in [1.54, 1.807) is 0 Å². The Labute approximate surface area is 113 Å². The van der Waals surface area contributed by atoms with Crippen molar-refractivity contribution < 1.29 is 0 Å². The first-order valence-corrected chi connectivity index (χ1v) is 6.83. The number of aromatic amines is 1. The Kier molecular flexibility index (Phi) is 2.75. The van der Waals surface area contributed by atoms with Crippen molar-refractivity contribution in [2.45, 2.75) is 32.7 Å². The molecule has 0 radical (unpaired) electrons. The normalized spacial score (nSPS) is 21.3. The van der Waals surface area contributed by atoms with E-state index in [0.717, 1.165) is 29.3 Å². The molecule has 1 heterocycles. The van der Waals surface area contributed by atoms with Crippen molar-refractivity contribution in [2.75, 3.05) is 7.05 Å². The third kappa shape index (κ3) is 1.98. The highest BCUT2D eigenvalue weighted by Crippen LogP contribution is 2.41. The van der Waals surface area contributed by atoms with Gasteiger partial charge in [0, 0.05) is 17.1 Å². The molecule has 0 saturated carbocycles. The Morgan fingerprint density at radius 3 is 2.63 bits per heavy atom. The predicted octanol–water partition coefficient (Wildman–Crippen LogP) is 2.76. The molecule has 0 fully saturated rings. The van der Waals surface area contributed by atoms with Gasteiger partial charge in [0.05, 0.1) is 0 Å². The Morgan fingerprint density at radius 2 is 1.95 bits per heavy atom. The van der Waals surface area contributed by atoms with Crippen LogP contribution in [0.4, 0.5) is 0 Å². The highest BCUT2D eigenvalue weighted by atomic mass is 16.1. The molecule has 0 bridgehead atoms. The molecule has 0 aliphatic heterocycles. The van der Waals surface area contributed by atoms with Crippen LogP contribution in [0, 0.1) is 5.41 Å². The summed E-state index contributed by atoms with van der Waals surface area (Å²) in [6.45, 7) is 4.52. The van der Waals surface area contributed by atoms with Crippen LogP contribution in [0.5, 0.6) is 0 Å². The molecule has 1 unspecified atom stereocenters. The van der Waals surface area contributed by atoms with E-state index in [0.29, 0.717) is 6.04 Å². The molecule has 3 nitrogen and oxygen atoms in total. The van der Waals surface area contributed by atoms with Gasteiger partial charge in [-0.3, -0.25) is 4.79 Å². The average Bonchev–Trinajstić information content (AvgIpc) is 2.36. The van der Waals surface area contributed by atoms with E-state index in [4.69, 9.17) is 0 Å². The maximum Gasteiger partial charge on any atom is 0.256 e. The molecule has 0 saturated heterocycles. The number of pyridine rings is 1. The summed E-state index contributed by atoms with van der Waals surface area (Å²) < 4.78 is 0. The number of hydrogen-bond donors (Lipinski definition) is 2. The van der Waals surface area contributed by atoms with E-state index in [1.165, 1.54) is 5.56 Å². The molecular formula is C16H20N2O. The molecule has 1 aromatic carbocycles. The van der Waals surface area contributed by atoms with Crippen molar-refractivity contribution in [3.63, 3.8) is 0 Å². The van der Waals surface area contributed by atoms with Gasteiger partial charge in [0.25, 0.3) is 5.56 Å². The van der Waals surface area contributed by atoms with Gasteiger partial charge in [0.1, 0.15) is 0 Å². The van der Waals surface area contributed by atoms with Crippen LogP contribution in [0.15, 0.2) is 29.1 Å². The topological polar surface area (TPSA) is 44.9 Å². The Balaban J connectivity index is 2.35. The summed E-state index contributed by atoms with van der Waals surface area (Å²) in [5, 5.41) is 5.29. The fraction of sp³-hybridized carbons (Fsp3) is 0.438. The number of H-pyrrole nitrogens is 1. The third-order valence-electron chi connectivity index (χ3n) is 4.16. The van der Waals surface area contributed by atoms with Crippen molar-refractivity contribution in [3.8, 4) is 0 Å². The second-order valence-corrected chi connectivity index (χ2v) is 6.28. The highest BCUT2D eigenvalue weighted by Gasteiger charge is 2.33. The zero-order valence-corrected chi connectivity index (χ0v) is 11.7. The van der Waals surface area contributed by atoms with E-state index in [9.17, 15) is 4.79 Å². The molecule has 3 rings (SSSR count). The highest BCUT2D eigenvalue weighted by molar-refractivity contribution is 5.86. The molecule has 0 amide bonds. The Hall–Kier alpha value is -1.61. The molecule has 2 aromatic rings. The molecule has 19 heavy (non-hydrogen) atoms. The van der Waals surface area contributed by atoms with E-state index >= 15 is 0 Å². The van der Waals surface area contributed by atoms with Crippen LogP contribution < -0.4 is 10.9 Å². The minimum absolute atomic E-state index is 0.0295. The fourth-order valence-corrected chi connectivity index (χ4v) is 3.34. The summed E-state index contributed by atoms with van der Waals surface area (Å²) in [4.78, 5) is 15.3. The maximum absolute atomic E-state index is 12.2. The SMILES string of the molecule is CNC1CC(C)(C)Cc2[nH]c(=O)c3ccccc3c21. The first kappa shape index (κ1) is 12.4. The van der Waals surface area contributed by atoms with Crippen LogP contribution in [0.1, 0.15) is 37.6 Å². The zero-order chi connectivity index (χ0) is 13.6. The number of fused-ring (bicyclic) bond motifs is 3. The van der Waals surface area contributed by atoms with Gasteiger partial charge in [0.15, 0.2) is 0 Å². The number of rotatable bonds is 1. The largest absolute Gasteiger partial charge is 0.325 e. The van der Waals surface area contributed by atoms with E-state index in [-0.39, 0.29) is 11.0 Å². The summed E-state index contributed by atoms with van der Waals surface area (Å²) in [6.07, 6.45) is 2.02. The molecule has 0 spiro atoms. The van der Waals surface area contributed by atoms with E-state index in [2.05, 4.69) is 30.2 Å². The maximum atomic E-state index is 12.2. The number of aromatic nitrogens is 1. The smallest absolute Gasteiger partial charge is 0.256 e. The number of benzene rings is 1. The van der Waals surface area contributed by atoms with Gasteiger partial charge in [-0.25, -0.2) is 0 Å². The van der Waals surface area contributed by atoms with Gasteiger partial charge < -0.3 is 10.3 Å². The van der Waals surface area contributed by atoms with Gasteiger partial charge >= 0.3 is 0 Å². The van der Waals surface area contributed by atoms with Crippen LogP contribution in [0.2, 0.25) is 0 Å². The van der Waals surface area contributed by atoms with E-state index in [1.807, 2.05) is 25.2 Å². The van der Waals surface area contributed by atoms with Crippen LogP contribution >= 0.6 is 0 Å². The van der Waals surface area contributed by atoms with Crippen molar-refractivity contribution in [1.29, 1.82) is 0 Å². The van der Waals surface area contributed by atoms with Crippen molar-refractivity contribution in [1.82, 2.24) is 10.3 Å². The first-order valence-electron chi connectivity index (χ1n) is 6.83. The third-order valence-corrected chi connectivity index (χ3v) is 4.16. The lowest BCUT2D eigenvalue weighted by Gasteiger charge is -2.37. The molecule has 1 aromatic heterocycles.